The summed E-state index contributed by atoms with van der Waals surface area (Å²) in [7, 11) is 0. The van der Waals surface area contributed by atoms with Crippen molar-refractivity contribution in [3.8, 4) is 56.4 Å². The average molecular weight is 790 g/mol. The lowest BCUT2D eigenvalue weighted by Gasteiger charge is -2.61. The van der Waals surface area contributed by atoms with E-state index in [0.29, 0.717) is 29.3 Å². The highest BCUT2D eigenvalue weighted by Crippen LogP contribution is 2.69. The van der Waals surface area contributed by atoms with Gasteiger partial charge in [0.2, 0.25) is 0 Å². The van der Waals surface area contributed by atoms with Crippen molar-refractivity contribution in [2.75, 3.05) is 0 Å². The van der Waals surface area contributed by atoms with Crippen molar-refractivity contribution < 1.29 is 4.42 Å². The Bertz CT molecular complexity index is 3230. The molecule has 4 heteroatoms. The first-order valence-electron chi connectivity index (χ1n) is 22.3. The van der Waals surface area contributed by atoms with Gasteiger partial charge >= 0.3 is 0 Å². The predicted molar refractivity (Wildman–Crippen MR) is 248 cm³/mol. The molecule has 4 bridgehead atoms. The summed E-state index contributed by atoms with van der Waals surface area (Å²) in [6.45, 7) is 6.70. The highest BCUT2D eigenvalue weighted by atomic mass is 16.3. The number of fused-ring (bicyclic) bond motifs is 7. The fourth-order valence-corrected chi connectivity index (χ4v) is 12.6. The number of hydrogen-bond acceptors (Lipinski definition) is 4. The van der Waals surface area contributed by atoms with Gasteiger partial charge in [-0.3, -0.25) is 0 Å². The van der Waals surface area contributed by atoms with Gasteiger partial charge in [-0.15, -0.1) is 0 Å². The van der Waals surface area contributed by atoms with E-state index in [1.54, 1.807) is 11.1 Å². The molecule has 0 radical (unpaired) electrons. The lowest BCUT2D eigenvalue weighted by Crippen LogP contribution is -2.55. The summed E-state index contributed by atoms with van der Waals surface area (Å²) in [6, 6.07) is 53.4. The molecule has 1 spiro atoms. The summed E-state index contributed by atoms with van der Waals surface area (Å²) < 4.78 is 6.76. The number of nitrogens with zero attached hydrogens (tertiary/aromatic N) is 3. The Balaban J connectivity index is 0.911. The van der Waals surface area contributed by atoms with E-state index in [1.165, 1.54) is 70.7 Å². The van der Waals surface area contributed by atoms with Crippen molar-refractivity contribution >= 4 is 32.7 Å². The molecule has 7 aromatic carbocycles. The van der Waals surface area contributed by atoms with Crippen LogP contribution in [0.1, 0.15) is 69.6 Å². The molecule has 0 amide bonds. The fraction of sp³-hybridized carbons (Fsp3) is 0.246. The molecule has 0 N–H and O–H groups in total. The second-order valence-corrected chi connectivity index (χ2v) is 19.7. The van der Waals surface area contributed by atoms with Crippen LogP contribution < -0.4 is 0 Å². The molecule has 4 nitrogen and oxygen atoms in total. The zero-order chi connectivity index (χ0) is 40.6. The van der Waals surface area contributed by atoms with Gasteiger partial charge < -0.3 is 4.42 Å². The third-order valence-electron chi connectivity index (χ3n) is 15.2. The highest BCUT2D eigenvalue weighted by Gasteiger charge is 2.61. The molecule has 2 aromatic heterocycles. The van der Waals surface area contributed by atoms with Gasteiger partial charge in [-0.25, -0.2) is 15.0 Å². The number of rotatable bonds is 4. The predicted octanol–water partition coefficient (Wildman–Crippen LogP) is 14.6. The maximum absolute atomic E-state index is 6.76. The molecule has 0 unspecified atom stereocenters. The molecule has 0 atom stereocenters. The molecule has 2 heterocycles. The van der Waals surface area contributed by atoms with E-state index in [2.05, 4.69) is 148 Å². The Kier molecular flexibility index (Phi) is 7.43. The number of aromatic nitrogens is 3. The normalized spacial score (nSPS) is 22.4. The molecule has 5 aliphatic rings. The van der Waals surface area contributed by atoms with Crippen LogP contribution in [0.3, 0.4) is 0 Å². The summed E-state index contributed by atoms with van der Waals surface area (Å²) in [5.74, 6) is 5.17. The minimum atomic E-state index is -0.000839. The van der Waals surface area contributed by atoms with Crippen molar-refractivity contribution in [1.29, 1.82) is 0 Å². The quantitative estimate of drug-likeness (QED) is 0.178. The maximum Gasteiger partial charge on any atom is 0.164 e. The number of benzene rings is 7. The first kappa shape index (κ1) is 35.4. The van der Waals surface area contributed by atoms with Gasteiger partial charge in [0, 0.05) is 32.9 Å². The van der Waals surface area contributed by atoms with E-state index in [0.717, 1.165) is 50.5 Å². The van der Waals surface area contributed by atoms with Gasteiger partial charge in [0.1, 0.15) is 11.2 Å². The summed E-state index contributed by atoms with van der Waals surface area (Å²) in [5.41, 5.74) is 14.5. The molecular weight excluding hydrogens is 743 g/mol. The van der Waals surface area contributed by atoms with E-state index in [4.69, 9.17) is 19.4 Å². The summed E-state index contributed by atoms with van der Waals surface area (Å²) in [5, 5.41) is 4.92. The van der Waals surface area contributed by atoms with Crippen molar-refractivity contribution in [2.45, 2.75) is 63.7 Å². The van der Waals surface area contributed by atoms with Crippen LogP contribution in [0.25, 0.3) is 89.1 Å². The topological polar surface area (TPSA) is 51.8 Å². The van der Waals surface area contributed by atoms with Crippen molar-refractivity contribution in [3.05, 3.63) is 162 Å². The van der Waals surface area contributed by atoms with Crippen LogP contribution in [-0.2, 0) is 10.8 Å². The molecule has 5 aliphatic carbocycles. The number of furan rings is 1. The zero-order valence-corrected chi connectivity index (χ0v) is 35.0. The second-order valence-electron chi connectivity index (χ2n) is 19.7. The average Bonchev–Trinajstić information content (AvgIpc) is 3.79. The van der Waals surface area contributed by atoms with Gasteiger partial charge in [0.15, 0.2) is 17.5 Å². The Morgan fingerprint density at radius 1 is 0.459 bits per heavy atom. The van der Waals surface area contributed by atoms with Crippen molar-refractivity contribution in [3.63, 3.8) is 0 Å². The van der Waals surface area contributed by atoms with Crippen molar-refractivity contribution in [1.82, 2.24) is 15.0 Å². The second kappa shape index (κ2) is 12.8. The SMILES string of the molecule is CC(C)(C)c1cccc(-c2nc(-c3ccccc3)nc(-c3ccc4c(c3)oc3cc(-c5ccc6c(c5)C5(c7cc8ccccc8cc7-6)C6CC7CC(C6)CC5C7)ccc34)n2)c1. The van der Waals surface area contributed by atoms with Gasteiger partial charge in [-0.2, -0.15) is 0 Å². The molecule has 9 aromatic rings. The fourth-order valence-electron chi connectivity index (χ4n) is 12.6. The largest absolute Gasteiger partial charge is 0.456 e. The molecule has 0 aliphatic heterocycles. The lowest BCUT2D eigenvalue weighted by atomic mass is 9.43. The molecule has 296 valence electrons. The van der Waals surface area contributed by atoms with Crippen LogP contribution in [-0.4, -0.2) is 15.0 Å². The minimum Gasteiger partial charge on any atom is -0.456 e. The molecular formula is C57H47N3O. The smallest absolute Gasteiger partial charge is 0.164 e. The van der Waals surface area contributed by atoms with Gasteiger partial charge in [-0.1, -0.05) is 118 Å². The van der Waals surface area contributed by atoms with Gasteiger partial charge in [0.05, 0.1) is 0 Å². The van der Waals surface area contributed by atoms with E-state index in [-0.39, 0.29) is 10.8 Å². The highest BCUT2D eigenvalue weighted by molar-refractivity contribution is 6.07. The third-order valence-corrected chi connectivity index (χ3v) is 15.2. The minimum absolute atomic E-state index is 0.000839. The van der Waals surface area contributed by atoms with Gasteiger partial charge in [-0.05, 0) is 159 Å². The van der Waals surface area contributed by atoms with E-state index >= 15 is 0 Å². The monoisotopic (exact) mass is 789 g/mol. The zero-order valence-electron chi connectivity index (χ0n) is 35.0. The Hall–Kier alpha value is -6.39. The Labute approximate surface area is 356 Å². The van der Waals surface area contributed by atoms with Crippen LogP contribution in [0.15, 0.2) is 150 Å². The summed E-state index contributed by atoms with van der Waals surface area (Å²) in [6.07, 6.45) is 6.95. The van der Waals surface area contributed by atoms with Crippen LogP contribution >= 0.6 is 0 Å². The van der Waals surface area contributed by atoms with Crippen LogP contribution in [0.4, 0.5) is 0 Å². The molecule has 14 rings (SSSR count). The number of hydrogen-bond donors (Lipinski definition) is 0. The molecule has 61 heavy (non-hydrogen) atoms. The molecule has 4 saturated carbocycles. The van der Waals surface area contributed by atoms with Crippen LogP contribution in [0.2, 0.25) is 0 Å². The first-order valence-corrected chi connectivity index (χ1v) is 22.3. The Morgan fingerprint density at radius 2 is 1.00 bits per heavy atom. The van der Waals surface area contributed by atoms with Crippen molar-refractivity contribution in [2.24, 2.45) is 23.7 Å². The van der Waals surface area contributed by atoms with Crippen LogP contribution in [0.5, 0.6) is 0 Å². The van der Waals surface area contributed by atoms with E-state index < -0.39 is 0 Å². The molecule has 4 fully saturated rings. The van der Waals surface area contributed by atoms with Crippen LogP contribution in [0, 0.1) is 23.7 Å². The van der Waals surface area contributed by atoms with E-state index in [9.17, 15) is 0 Å². The Morgan fingerprint density at radius 3 is 1.69 bits per heavy atom. The van der Waals surface area contributed by atoms with E-state index in [1.807, 2.05) is 18.2 Å². The first-order chi connectivity index (χ1) is 29.8. The maximum atomic E-state index is 6.76. The summed E-state index contributed by atoms with van der Waals surface area (Å²) >= 11 is 0. The lowest BCUT2D eigenvalue weighted by molar-refractivity contribution is -0.0398. The molecule has 0 saturated heterocycles. The summed E-state index contributed by atoms with van der Waals surface area (Å²) in [4.78, 5) is 15.1. The third kappa shape index (κ3) is 5.33. The van der Waals surface area contributed by atoms with Gasteiger partial charge in [0.25, 0.3) is 0 Å². The standard InChI is InChI=1S/C57H47N3O/c1-56(2,3)42-15-9-14-40(27-42)54-58-53(35-10-5-4-6-11-35)59-55(60-54)41-18-21-47-46-20-17-39(31-51(46)61-52(47)32-41)38-16-19-45-48-28-36-12-7-8-13-37(36)29-50(48)57(49(45)30-38)43-23-33-22-34(25-43)26-44(57)24-33/h4-21,27-34,43-44H,22-26H2,1-3H3.